The number of aryl methyl sites for hydroxylation is 1. The molecule has 1 aliphatic heterocycles. The van der Waals surface area contributed by atoms with Crippen LogP contribution in [0, 0.1) is 11.6 Å². The Kier molecular flexibility index (Phi) is 5.08. The number of hydrogen-bond acceptors (Lipinski definition) is 4. The number of rotatable bonds is 4. The molecule has 26 heavy (non-hydrogen) atoms. The van der Waals surface area contributed by atoms with E-state index in [1.165, 1.54) is 11.1 Å². The summed E-state index contributed by atoms with van der Waals surface area (Å²) in [7, 11) is -3.30. The molecule has 0 bridgehead atoms. The second-order valence-corrected chi connectivity index (χ2v) is 8.49. The molecule has 2 heterocycles. The van der Waals surface area contributed by atoms with Crippen molar-refractivity contribution >= 4 is 15.7 Å². The molecule has 1 aromatic carbocycles. The van der Waals surface area contributed by atoms with Crippen LogP contribution < -0.4 is 0 Å². The van der Waals surface area contributed by atoms with Crippen LogP contribution in [0.4, 0.5) is 8.78 Å². The highest BCUT2D eigenvalue weighted by Crippen LogP contribution is 2.27. The lowest BCUT2D eigenvalue weighted by molar-refractivity contribution is -0.132. The SMILES string of the molecule is CCn1cc(C2CS(=O)(=O)CCN2C(=O)Cc2cc(F)ccc2F)cn1. The second kappa shape index (κ2) is 7.14. The highest BCUT2D eigenvalue weighted by atomic mass is 32.2. The summed E-state index contributed by atoms with van der Waals surface area (Å²) in [4.78, 5) is 14.1. The number of sulfone groups is 1. The summed E-state index contributed by atoms with van der Waals surface area (Å²) in [6.45, 7) is 2.52. The first-order chi connectivity index (χ1) is 12.3. The van der Waals surface area contributed by atoms with Crippen molar-refractivity contribution in [2.24, 2.45) is 0 Å². The van der Waals surface area contributed by atoms with Crippen molar-refractivity contribution in [2.45, 2.75) is 25.9 Å². The van der Waals surface area contributed by atoms with Gasteiger partial charge in [0.25, 0.3) is 0 Å². The van der Waals surface area contributed by atoms with Crippen molar-refractivity contribution in [3.63, 3.8) is 0 Å². The van der Waals surface area contributed by atoms with Gasteiger partial charge in [-0.25, -0.2) is 17.2 Å². The van der Waals surface area contributed by atoms with E-state index in [4.69, 9.17) is 0 Å². The third-order valence-corrected chi connectivity index (χ3v) is 6.09. The predicted octanol–water partition coefficient (Wildman–Crippen LogP) is 1.72. The standard InChI is InChI=1S/C17H19F2N3O3S/c1-2-21-10-13(9-20-21)16-11-26(24,25)6-5-22(16)17(23)8-12-7-14(18)3-4-15(12)19/h3-4,7,9-10,16H,2,5-6,8,11H2,1H3. The van der Waals surface area contributed by atoms with Crippen LogP contribution in [0.15, 0.2) is 30.6 Å². The van der Waals surface area contributed by atoms with Gasteiger partial charge in [0, 0.05) is 30.4 Å². The summed E-state index contributed by atoms with van der Waals surface area (Å²) in [5.41, 5.74) is 0.564. The van der Waals surface area contributed by atoms with E-state index in [1.54, 1.807) is 10.9 Å². The van der Waals surface area contributed by atoms with Crippen LogP contribution in [-0.4, -0.2) is 47.1 Å². The Bertz CT molecular complexity index is 927. The minimum atomic E-state index is -3.30. The number of nitrogens with zero attached hydrogens (tertiary/aromatic N) is 3. The Morgan fingerprint density at radius 2 is 2.12 bits per heavy atom. The van der Waals surface area contributed by atoms with E-state index in [0.717, 1.165) is 18.2 Å². The maximum Gasteiger partial charge on any atom is 0.227 e. The van der Waals surface area contributed by atoms with Crippen molar-refractivity contribution < 1.29 is 22.0 Å². The summed E-state index contributed by atoms with van der Waals surface area (Å²) >= 11 is 0. The number of carbonyl (C=O) groups is 1. The molecule has 6 nitrogen and oxygen atoms in total. The monoisotopic (exact) mass is 383 g/mol. The van der Waals surface area contributed by atoms with E-state index in [9.17, 15) is 22.0 Å². The van der Waals surface area contributed by atoms with Crippen molar-refractivity contribution in [1.82, 2.24) is 14.7 Å². The maximum absolute atomic E-state index is 13.8. The van der Waals surface area contributed by atoms with E-state index in [0.29, 0.717) is 12.1 Å². The molecule has 0 saturated carbocycles. The molecule has 1 fully saturated rings. The molecular weight excluding hydrogens is 364 g/mol. The van der Waals surface area contributed by atoms with Gasteiger partial charge in [-0.2, -0.15) is 5.10 Å². The second-order valence-electron chi connectivity index (χ2n) is 6.26. The third-order valence-electron chi connectivity index (χ3n) is 4.46. The number of halogens is 2. The molecule has 9 heteroatoms. The number of benzene rings is 1. The van der Waals surface area contributed by atoms with Gasteiger partial charge in [-0.1, -0.05) is 0 Å². The molecule has 1 atom stereocenters. The molecule has 0 radical (unpaired) electrons. The van der Waals surface area contributed by atoms with Gasteiger partial charge in [0.15, 0.2) is 9.84 Å². The molecule has 140 valence electrons. The highest BCUT2D eigenvalue weighted by Gasteiger charge is 2.35. The first-order valence-electron chi connectivity index (χ1n) is 8.25. The van der Waals surface area contributed by atoms with Gasteiger partial charge in [-0.15, -0.1) is 0 Å². The number of carbonyl (C=O) groups excluding carboxylic acids is 1. The van der Waals surface area contributed by atoms with E-state index in [2.05, 4.69) is 5.10 Å². The molecule has 1 aliphatic rings. The molecule has 1 amide bonds. The van der Waals surface area contributed by atoms with Crippen LogP contribution in [0.2, 0.25) is 0 Å². The van der Waals surface area contributed by atoms with Gasteiger partial charge in [0.2, 0.25) is 5.91 Å². The van der Waals surface area contributed by atoms with Gasteiger partial charge in [-0.05, 0) is 25.1 Å². The van der Waals surface area contributed by atoms with Crippen molar-refractivity contribution in [2.75, 3.05) is 18.1 Å². The Balaban J connectivity index is 1.87. The molecule has 1 saturated heterocycles. The first kappa shape index (κ1) is 18.5. The Morgan fingerprint density at radius 1 is 1.35 bits per heavy atom. The predicted molar refractivity (Wildman–Crippen MR) is 91.1 cm³/mol. The quantitative estimate of drug-likeness (QED) is 0.806. The number of aromatic nitrogens is 2. The zero-order valence-electron chi connectivity index (χ0n) is 14.2. The lowest BCUT2D eigenvalue weighted by Crippen LogP contribution is -2.46. The third kappa shape index (κ3) is 3.92. The largest absolute Gasteiger partial charge is 0.333 e. The molecule has 2 aromatic rings. The number of hydrogen-bond donors (Lipinski definition) is 0. The molecule has 0 N–H and O–H groups in total. The average Bonchev–Trinajstić information content (AvgIpc) is 3.06. The van der Waals surface area contributed by atoms with Crippen LogP contribution in [0.3, 0.4) is 0 Å². The van der Waals surface area contributed by atoms with E-state index in [1.807, 2.05) is 6.92 Å². The fourth-order valence-electron chi connectivity index (χ4n) is 3.05. The first-order valence-corrected chi connectivity index (χ1v) is 10.1. The lowest BCUT2D eigenvalue weighted by Gasteiger charge is -2.35. The smallest absolute Gasteiger partial charge is 0.227 e. The van der Waals surface area contributed by atoms with E-state index in [-0.39, 0.29) is 30.0 Å². The highest BCUT2D eigenvalue weighted by molar-refractivity contribution is 7.91. The average molecular weight is 383 g/mol. The minimum Gasteiger partial charge on any atom is -0.333 e. The van der Waals surface area contributed by atoms with Gasteiger partial charge >= 0.3 is 0 Å². The summed E-state index contributed by atoms with van der Waals surface area (Å²) in [5.74, 6) is -2.10. The summed E-state index contributed by atoms with van der Waals surface area (Å²) in [5, 5.41) is 4.14. The van der Waals surface area contributed by atoms with E-state index < -0.39 is 33.4 Å². The Labute approximate surface area is 150 Å². The van der Waals surface area contributed by atoms with Crippen LogP contribution >= 0.6 is 0 Å². The van der Waals surface area contributed by atoms with Gasteiger partial charge < -0.3 is 4.90 Å². The van der Waals surface area contributed by atoms with Crippen LogP contribution in [-0.2, 0) is 27.6 Å². The maximum atomic E-state index is 13.8. The zero-order valence-corrected chi connectivity index (χ0v) is 15.0. The molecule has 1 unspecified atom stereocenters. The van der Waals surface area contributed by atoms with Crippen LogP contribution in [0.25, 0.3) is 0 Å². The minimum absolute atomic E-state index is 0.0140. The molecule has 3 rings (SSSR count). The Morgan fingerprint density at radius 3 is 2.81 bits per heavy atom. The van der Waals surface area contributed by atoms with Gasteiger partial charge in [-0.3, -0.25) is 9.48 Å². The fourth-order valence-corrected chi connectivity index (χ4v) is 4.54. The Hall–Kier alpha value is -2.29. The van der Waals surface area contributed by atoms with E-state index >= 15 is 0 Å². The molecule has 0 aliphatic carbocycles. The van der Waals surface area contributed by atoms with Gasteiger partial charge in [0.05, 0.1) is 30.2 Å². The molecule has 1 aromatic heterocycles. The lowest BCUT2D eigenvalue weighted by atomic mass is 10.1. The van der Waals surface area contributed by atoms with Gasteiger partial charge in [0.1, 0.15) is 11.6 Å². The van der Waals surface area contributed by atoms with Crippen molar-refractivity contribution in [1.29, 1.82) is 0 Å². The summed E-state index contributed by atoms with van der Waals surface area (Å²) in [6.07, 6.45) is 2.91. The van der Waals surface area contributed by atoms with Crippen molar-refractivity contribution in [3.8, 4) is 0 Å². The topological polar surface area (TPSA) is 72.3 Å². The summed E-state index contributed by atoms with van der Waals surface area (Å²) < 4.78 is 53.0. The normalized spacial score (nSPS) is 19.5. The molecular formula is C17H19F2N3O3S. The zero-order chi connectivity index (χ0) is 18.9. The van der Waals surface area contributed by atoms with Crippen LogP contribution in [0.1, 0.15) is 24.1 Å². The van der Waals surface area contributed by atoms with Crippen molar-refractivity contribution in [3.05, 3.63) is 53.4 Å². The fraction of sp³-hybridized carbons (Fsp3) is 0.412. The van der Waals surface area contributed by atoms with Crippen LogP contribution in [0.5, 0.6) is 0 Å². The molecule has 0 spiro atoms. The summed E-state index contributed by atoms with van der Waals surface area (Å²) in [6, 6.07) is 2.26. The number of amides is 1.